The first kappa shape index (κ1) is 12.0. The van der Waals surface area contributed by atoms with Crippen LogP contribution in [0.1, 0.15) is 31.2 Å². The lowest BCUT2D eigenvalue weighted by atomic mass is 9.81. The zero-order chi connectivity index (χ0) is 12.4. The highest BCUT2D eigenvalue weighted by Gasteiger charge is 2.38. The third-order valence-corrected chi connectivity index (χ3v) is 4.28. The molecule has 3 nitrogen and oxygen atoms in total. The predicted molar refractivity (Wildman–Crippen MR) is 71.8 cm³/mol. The number of ether oxygens (including phenoxy) is 1. The van der Waals surface area contributed by atoms with E-state index in [1.165, 1.54) is 11.3 Å². The summed E-state index contributed by atoms with van der Waals surface area (Å²) >= 11 is 0. The summed E-state index contributed by atoms with van der Waals surface area (Å²) in [6.07, 6.45) is 4.60. The van der Waals surface area contributed by atoms with E-state index in [-0.39, 0.29) is 6.04 Å². The molecule has 18 heavy (non-hydrogen) atoms. The Kier molecular flexibility index (Phi) is 3.27. The summed E-state index contributed by atoms with van der Waals surface area (Å²) in [5.41, 5.74) is 1.94. The summed E-state index contributed by atoms with van der Waals surface area (Å²) in [6.45, 7) is 1.46. The molecular formula is C15H21NO2. The van der Waals surface area contributed by atoms with E-state index in [2.05, 4.69) is 29.6 Å². The summed E-state index contributed by atoms with van der Waals surface area (Å²) < 4.78 is 5.46. The number of benzene rings is 1. The Morgan fingerprint density at radius 3 is 3.06 bits per heavy atom. The van der Waals surface area contributed by atoms with Gasteiger partial charge in [0.15, 0.2) is 0 Å². The smallest absolute Gasteiger partial charge is 0.0870 e. The molecule has 0 aliphatic carbocycles. The molecule has 0 spiro atoms. The zero-order valence-corrected chi connectivity index (χ0v) is 10.7. The van der Waals surface area contributed by atoms with Crippen LogP contribution in [0.3, 0.4) is 0 Å². The second kappa shape index (κ2) is 4.90. The van der Waals surface area contributed by atoms with Crippen molar-refractivity contribution in [3.63, 3.8) is 0 Å². The van der Waals surface area contributed by atoms with E-state index in [1.54, 1.807) is 0 Å². The number of anilines is 1. The van der Waals surface area contributed by atoms with Crippen LogP contribution in [-0.4, -0.2) is 30.0 Å². The van der Waals surface area contributed by atoms with Gasteiger partial charge in [-0.2, -0.15) is 0 Å². The molecular weight excluding hydrogens is 226 g/mol. The van der Waals surface area contributed by atoms with Gasteiger partial charge in [-0.25, -0.2) is 0 Å². The Morgan fingerprint density at radius 1 is 1.22 bits per heavy atom. The SMILES string of the molecule is OC1(C2CCc3ccccc3N2)CCCOCC1. The van der Waals surface area contributed by atoms with Gasteiger partial charge >= 0.3 is 0 Å². The van der Waals surface area contributed by atoms with Crippen LogP contribution < -0.4 is 5.32 Å². The Labute approximate surface area is 108 Å². The molecule has 1 fully saturated rings. The molecule has 2 N–H and O–H groups in total. The summed E-state index contributed by atoms with van der Waals surface area (Å²) in [6, 6.07) is 8.56. The van der Waals surface area contributed by atoms with Gasteiger partial charge in [0.2, 0.25) is 0 Å². The molecule has 2 aliphatic rings. The minimum absolute atomic E-state index is 0.161. The van der Waals surface area contributed by atoms with E-state index in [1.807, 2.05) is 0 Å². The quantitative estimate of drug-likeness (QED) is 0.800. The molecule has 0 bridgehead atoms. The first-order chi connectivity index (χ1) is 8.78. The lowest BCUT2D eigenvalue weighted by Gasteiger charge is -2.39. The van der Waals surface area contributed by atoms with Crippen LogP contribution in [0.4, 0.5) is 5.69 Å². The molecule has 1 saturated heterocycles. The van der Waals surface area contributed by atoms with Crippen molar-refractivity contribution in [2.75, 3.05) is 18.5 Å². The average Bonchev–Trinajstić information content (AvgIpc) is 2.64. The van der Waals surface area contributed by atoms with Crippen molar-refractivity contribution in [3.8, 4) is 0 Å². The predicted octanol–water partition coefficient (Wildman–Crippen LogP) is 2.34. The largest absolute Gasteiger partial charge is 0.388 e. The summed E-state index contributed by atoms with van der Waals surface area (Å²) in [4.78, 5) is 0. The van der Waals surface area contributed by atoms with E-state index in [9.17, 15) is 5.11 Å². The minimum atomic E-state index is -0.607. The van der Waals surface area contributed by atoms with Crippen LogP contribution in [0.15, 0.2) is 24.3 Å². The van der Waals surface area contributed by atoms with Crippen LogP contribution in [-0.2, 0) is 11.2 Å². The second-order valence-electron chi connectivity index (χ2n) is 5.46. The van der Waals surface area contributed by atoms with Crippen molar-refractivity contribution in [2.24, 2.45) is 0 Å². The van der Waals surface area contributed by atoms with Gasteiger partial charge in [-0.1, -0.05) is 18.2 Å². The number of aryl methyl sites for hydroxylation is 1. The lowest BCUT2D eigenvalue weighted by molar-refractivity contribution is -0.00201. The van der Waals surface area contributed by atoms with Gasteiger partial charge in [-0.3, -0.25) is 0 Å². The lowest BCUT2D eigenvalue weighted by Crippen LogP contribution is -2.49. The van der Waals surface area contributed by atoms with E-state index in [4.69, 9.17) is 4.74 Å². The second-order valence-corrected chi connectivity index (χ2v) is 5.46. The van der Waals surface area contributed by atoms with E-state index < -0.39 is 5.60 Å². The Hall–Kier alpha value is -1.06. The number of nitrogens with one attached hydrogen (secondary N) is 1. The van der Waals surface area contributed by atoms with Gasteiger partial charge < -0.3 is 15.2 Å². The average molecular weight is 247 g/mol. The van der Waals surface area contributed by atoms with Crippen LogP contribution in [0.5, 0.6) is 0 Å². The third kappa shape index (κ3) is 2.25. The van der Waals surface area contributed by atoms with Crippen molar-refractivity contribution in [3.05, 3.63) is 29.8 Å². The van der Waals surface area contributed by atoms with Crippen molar-refractivity contribution < 1.29 is 9.84 Å². The molecule has 2 atom stereocenters. The fraction of sp³-hybridized carbons (Fsp3) is 0.600. The zero-order valence-electron chi connectivity index (χ0n) is 10.7. The molecule has 0 saturated carbocycles. The summed E-state index contributed by atoms with van der Waals surface area (Å²) in [7, 11) is 0. The van der Waals surface area contributed by atoms with Gasteiger partial charge in [0.05, 0.1) is 11.6 Å². The number of rotatable bonds is 1. The maximum Gasteiger partial charge on any atom is 0.0870 e. The Bertz CT molecular complexity index is 411. The number of aliphatic hydroxyl groups is 1. The third-order valence-electron chi connectivity index (χ3n) is 4.28. The number of fused-ring (bicyclic) bond motifs is 1. The highest BCUT2D eigenvalue weighted by Crippen LogP contribution is 2.34. The maximum absolute atomic E-state index is 10.9. The minimum Gasteiger partial charge on any atom is -0.388 e. The maximum atomic E-state index is 10.9. The van der Waals surface area contributed by atoms with E-state index >= 15 is 0 Å². The topological polar surface area (TPSA) is 41.5 Å². The molecule has 3 rings (SSSR count). The summed E-state index contributed by atoms with van der Waals surface area (Å²) in [5, 5.41) is 14.4. The van der Waals surface area contributed by atoms with Crippen molar-refractivity contribution in [1.29, 1.82) is 0 Å². The number of para-hydroxylation sites is 1. The van der Waals surface area contributed by atoms with Crippen LogP contribution in [0.2, 0.25) is 0 Å². The van der Waals surface area contributed by atoms with Crippen LogP contribution in [0, 0.1) is 0 Å². The van der Waals surface area contributed by atoms with Crippen molar-refractivity contribution in [1.82, 2.24) is 0 Å². The highest BCUT2D eigenvalue weighted by molar-refractivity contribution is 5.54. The van der Waals surface area contributed by atoms with Crippen molar-refractivity contribution in [2.45, 2.75) is 43.7 Å². The molecule has 2 unspecified atom stereocenters. The standard InChI is InChI=1S/C15H21NO2/c17-15(8-3-10-18-11-9-15)14-7-6-12-4-1-2-5-13(12)16-14/h1-2,4-5,14,16-17H,3,6-11H2. The molecule has 0 aromatic heterocycles. The molecule has 2 heterocycles. The monoisotopic (exact) mass is 247 g/mol. The Morgan fingerprint density at radius 2 is 2.11 bits per heavy atom. The van der Waals surface area contributed by atoms with Gasteiger partial charge in [-0.05, 0) is 37.3 Å². The van der Waals surface area contributed by atoms with E-state index in [0.29, 0.717) is 6.61 Å². The molecule has 98 valence electrons. The summed E-state index contributed by atoms with van der Waals surface area (Å²) in [5.74, 6) is 0. The first-order valence-corrected chi connectivity index (χ1v) is 6.92. The fourth-order valence-electron chi connectivity index (χ4n) is 3.15. The molecule has 2 aliphatic heterocycles. The van der Waals surface area contributed by atoms with Gasteiger partial charge in [0, 0.05) is 25.3 Å². The van der Waals surface area contributed by atoms with Crippen LogP contribution >= 0.6 is 0 Å². The molecule has 0 radical (unpaired) electrons. The number of hydrogen-bond donors (Lipinski definition) is 2. The molecule has 1 aromatic rings. The molecule has 1 aromatic carbocycles. The first-order valence-electron chi connectivity index (χ1n) is 6.92. The van der Waals surface area contributed by atoms with Gasteiger partial charge in [0.25, 0.3) is 0 Å². The normalized spacial score (nSPS) is 32.2. The number of hydrogen-bond acceptors (Lipinski definition) is 3. The molecule has 3 heteroatoms. The van der Waals surface area contributed by atoms with Gasteiger partial charge in [0.1, 0.15) is 0 Å². The molecule has 0 amide bonds. The van der Waals surface area contributed by atoms with Crippen LogP contribution in [0.25, 0.3) is 0 Å². The van der Waals surface area contributed by atoms with E-state index in [0.717, 1.165) is 38.7 Å². The fourth-order valence-corrected chi connectivity index (χ4v) is 3.15. The highest BCUT2D eigenvalue weighted by atomic mass is 16.5. The van der Waals surface area contributed by atoms with Crippen molar-refractivity contribution >= 4 is 5.69 Å². The van der Waals surface area contributed by atoms with Gasteiger partial charge in [-0.15, -0.1) is 0 Å². The Balaban J connectivity index is 1.78.